The van der Waals surface area contributed by atoms with Crippen LogP contribution < -0.4 is 5.73 Å². The van der Waals surface area contributed by atoms with Gasteiger partial charge in [0.05, 0.1) is 5.69 Å². The molecule has 1 heterocycles. The average molecular weight is 181 g/mol. The Kier molecular flexibility index (Phi) is 3.96. The molecule has 1 aromatic rings. The van der Waals surface area contributed by atoms with E-state index in [1.807, 2.05) is 0 Å². The molecule has 0 aromatic carbocycles. The molecule has 1 aromatic heterocycles. The summed E-state index contributed by atoms with van der Waals surface area (Å²) in [4.78, 5) is 0. The number of rotatable bonds is 5. The zero-order valence-corrected chi connectivity index (χ0v) is 8.51. The predicted molar refractivity (Wildman–Crippen MR) is 54.5 cm³/mol. The summed E-state index contributed by atoms with van der Waals surface area (Å²) in [5, 5.41) is 7.28. The topological polar surface area (TPSA) is 54.7 Å². The summed E-state index contributed by atoms with van der Waals surface area (Å²) in [5.74, 6) is 0.683. The van der Waals surface area contributed by atoms with Crippen LogP contribution in [0.1, 0.15) is 31.7 Å². The monoisotopic (exact) mass is 181 g/mol. The van der Waals surface area contributed by atoms with Gasteiger partial charge in [0.25, 0.3) is 0 Å². The first-order valence-corrected chi connectivity index (χ1v) is 4.95. The molecule has 74 valence electrons. The van der Waals surface area contributed by atoms with E-state index in [4.69, 9.17) is 5.73 Å². The lowest BCUT2D eigenvalue weighted by Gasteiger charge is -1.98. The summed E-state index contributed by atoms with van der Waals surface area (Å²) in [6, 6.07) is 2.15. The maximum atomic E-state index is 5.43. The van der Waals surface area contributed by atoms with Crippen LogP contribution in [0.3, 0.4) is 0 Å². The van der Waals surface area contributed by atoms with Crippen molar-refractivity contribution in [2.75, 3.05) is 6.54 Å². The van der Waals surface area contributed by atoms with E-state index in [0.29, 0.717) is 5.92 Å². The SMILES string of the molecule is CC(C)Cc1cc(CCCN)n[nH]1. The summed E-state index contributed by atoms with van der Waals surface area (Å²) >= 11 is 0. The smallest absolute Gasteiger partial charge is 0.0625 e. The van der Waals surface area contributed by atoms with Crippen LogP contribution in [0.25, 0.3) is 0 Å². The van der Waals surface area contributed by atoms with Gasteiger partial charge in [-0.2, -0.15) is 5.10 Å². The number of aryl methyl sites for hydroxylation is 1. The van der Waals surface area contributed by atoms with Crippen molar-refractivity contribution in [3.05, 3.63) is 17.5 Å². The molecule has 0 unspecified atom stereocenters. The van der Waals surface area contributed by atoms with Gasteiger partial charge in [0.2, 0.25) is 0 Å². The molecule has 0 saturated heterocycles. The first kappa shape index (κ1) is 10.3. The first-order valence-electron chi connectivity index (χ1n) is 4.95. The molecule has 0 spiro atoms. The first-order chi connectivity index (χ1) is 6.22. The van der Waals surface area contributed by atoms with Crippen molar-refractivity contribution in [1.29, 1.82) is 0 Å². The molecule has 0 radical (unpaired) electrons. The quantitative estimate of drug-likeness (QED) is 0.723. The Morgan fingerprint density at radius 1 is 1.54 bits per heavy atom. The molecular weight excluding hydrogens is 162 g/mol. The van der Waals surface area contributed by atoms with E-state index in [9.17, 15) is 0 Å². The van der Waals surface area contributed by atoms with E-state index < -0.39 is 0 Å². The molecule has 0 aliphatic carbocycles. The largest absolute Gasteiger partial charge is 0.330 e. The summed E-state index contributed by atoms with van der Waals surface area (Å²) in [7, 11) is 0. The Labute approximate surface area is 79.7 Å². The Morgan fingerprint density at radius 2 is 2.31 bits per heavy atom. The standard InChI is InChI=1S/C10H19N3/c1-8(2)6-10-7-9(12-13-10)4-3-5-11/h7-8H,3-6,11H2,1-2H3,(H,12,13). The van der Waals surface area contributed by atoms with Gasteiger partial charge in [0.15, 0.2) is 0 Å². The second kappa shape index (κ2) is 5.02. The van der Waals surface area contributed by atoms with Crippen molar-refractivity contribution in [2.24, 2.45) is 11.7 Å². The minimum atomic E-state index is 0.683. The summed E-state index contributed by atoms with van der Waals surface area (Å²) < 4.78 is 0. The van der Waals surface area contributed by atoms with Crippen molar-refractivity contribution >= 4 is 0 Å². The molecule has 3 N–H and O–H groups in total. The van der Waals surface area contributed by atoms with E-state index in [0.717, 1.165) is 31.5 Å². The average Bonchev–Trinajstić information content (AvgIpc) is 2.48. The lowest BCUT2D eigenvalue weighted by molar-refractivity contribution is 0.633. The number of aromatic nitrogens is 2. The lowest BCUT2D eigenvalue weighted by Crippen LogP contribution is -2.00. The van der Waals surface area contributed by atoms with Crippen LogP contribution >= 0.6 is 0 Å². The predicted octanol–water partition coefficient (Wildman–Crippen LogP) is 1.50. The van der Waals surface area contributed by atoms with Gasteiger partial charge in [-0.15, -0.1) is 0 Å². The molecule has 0 saturated carbocycles. The van der Waals surface area contributed by atoms with Gasteiger partial charge in [-0.3, -0.25) is 5.10 Å². The highest BCUT2D eigenvalue weighted by Gasteiger charge is 2.02. The van der Waals surface area contributed by atoms with Crippen LogP contribution in [-0.2, 0) is 12.8 Å². The summed E-state index contributed by atoms with van der Waals surface area (Å²) in [6.07, 6.45) is 3.09. The van der Waals surface area contributed by atoms with Crippen molar-refractivity contribution in [3.8, 4) is 0 Å². The Morgan fingerprint density at radius 3 is 2.92 bits per heavy atom. The molecule has 0 amide bonds. The molecule has 0 aliphatic rings. The van der Waals surface area contributed by atoms with Gasteiger partial charge in [-0.25, -0.2) is 0 Å². The fourth-order valence-corrected chi connectivity index (χ4v) is 1.36. The second-order valence-electron chi connectivity index (χ2n) is 3.87. The third kappa shape index (κ3) is 3.59. The minimum absolute atomic E-state index is 0.683. The van der Waals surface area contributed by atoms with Crippen LogP contribution in [0, 0.1) is 5.92 Å². The second-order valence-corrected chi connectivity index (χ2v) is 3.87. The van der Waals surface area contributed by atoms with Crippen molar-refractivity contribution in [3.63, 3.8) is 0 Å². The molecular formula is C10H19N3. The molecule has 0 aliphatic heterocycles. The minimum Gasteiger partial charge on any atom is -0.330 e. The number of H-pyrrole nitrogens is 1. The fourth-order valence-electron chi connectivity index (χ4n) is 1.36. The van der Waals surface area contributed by atoms with Crippen LogP contribution in [0.2, 0.25) is 0 Å². The van der Waals surface area contributed by atoms with Gasteiger partial charge in [-0.05, 0) is 37.8 Å². The van der Waals surface area contributed by atoms with Crippen molar-refractivity contribution in [1.82, 2.24) is 10.2 Å². The zero-order chi connectivity index (χ0) is 9.68. The maximum Gasteiger partial charge on any atom is 0.0625 e. The number of nitrogens with two attached hydrogens (primary N) is 1. The van der Waals surface area contributed by atoms with E-state index in [1.54, 1.807) is 0 Å². The van der Waals surface area contributed by atoms with Crippen LogP contribution in [0.15, 0.2) is 6.07 Å². The van der Waals surface area contributed by atoms with Crippen molar-refractivity contribution < 1.29 is 0 Å². The van der Waals surface area contributed by atoms with E-state index in [-0.39, 0.29) is 0 Å². The highest BCUT2D eigenvalue weighted by Crippen LogP contribution is 2.07. The van der Waals surface area contributed by atoms with Gasteiger partial charge >= 0.3 is 0 Å². The number of nitrogens with zero attached hydrogens (tertiary/aromatic N) is 1. The molecule has 0 bridgehead atoms. The molecule has 0 atom stereocenters. The van der Waals surface area contributed by atoms with E-state index in [2.05, 4.69) is 30.1 Å². The fraction of sp³-hybridized carbons (Fsp3) is 0.700. The van der Waals surface area contributed by atoms with E-state index in [1.165, 1.54) is 5.69 Å². The summed E-state index contributed by atoms with van der Waals surface area (Å²) in [6.45, 7) is 5.16. The molecule has 3 heteroatoms. The van der Waals surface area contributed by atoms with Gasteiger partial charge in [0.1, 0.15) is 0 Å². The van der Waals surface area contributed by atoms with Crippen LogP contribution in [0.5, 0.6) is 0 Å². The number of hydrogen-bond acceptors (Lipinski definition) is 2. The maximum absolute atomic E-state index is 5.43. The summed E-state index contributed by atoms with van der Waals surface area (Å²) in [5.41, 5.74) is 7.80. The third-order valence-electron chi connectivity index (χ3n) is 1.95. The Hall–Kier alpha value is -0.830. The number of hydrogen-bond donors (Lipinski definition) is 2. The molecule has 3 nitrogen and oxygen atoms in total. The lowest BCUT2D eigenvalue weighted by atomic mass is 10.1. The van der Waals surface area contributed by atoms with Gasteiger partial charge in [-0.1, -0.05) is 13.8 Å². The highest BCUT2D eigenvalue weighted by molar-refractivity contribution is 5.09. The Balaban J connectivity index is 2.44. The Bertz CT molecular complexity index is 240. The van der Waals surface area contributed by atoms with Crippen LogP contribution in [-0.4, -0.2) is 16.7 Å². The molecule has 0 fully saturated rings. The highest BCUT2D eigenvalue weighted by atomic mass is 15.1. The molecule has 1 rings (SSSR count). The normalized spacial score (nSPS) is 11.1. The van der Waals surface area contributed by atoms with Crippen LogP contribution in [0.4, 0.5) is 0 Å². The molecule has 13 heavy (non-hydrogen) atoms. The number of aromatic amines is 1. The van der Waals surface area contributed by atoms with E-state index >= 15 is 0 Å². The van der Waals surface area contributed by atoms with Crippen molar-refractivity contribution in [2.45, 2.75) is 33.1 Å². The zero-order valence-electron chi connectivity index (χ0n) is 8.51. The third-order valence-corrected chi connectivity index (χ3v) is 1.95. The van der Waals surface area contributed by atoms with Gasteiger partial charge < -0.3 is 5.73 Å². The van der Waals surface area contributed by atoms with Gasteiger partial charge in [0, 0.05) is 5.69 Å². The number of nitrogens with one attached hydrogen (secondary N) is 1.